The van der Waals surface area contributed by atoms with Crippen LogP contribution in [-0.2, 0) is 15.6 Å². The number of allylic oxidation sites excluding steroid dienone is 2. The van der Waals surface area contributed by atoms with Crippen molar-refractivity contribution < 1.29 is 9.00 Å². The number of carbonyl (C=O) groups excluding carboxylic acids is 1. The van der Waals surface area contributed by atoms with E-state index in [1.165, 1.54) is 0 Å². The molecule has 0 fully saturated rings. The molecule has 1 unspecified atom stereocenters. The highest BCUT2D eigenvalue weighted by Crippen LogP contribution is 2.21. The average molecular weight is 234 g/mol. The van der Waals surface area contributed by atoms with Gasteiger partial charge in [-0.05, 0) is 31.4 Å². The molecule has 1 aromatic carbocycles. The highest BCUT2D eigenvalue weighted by molar-refractivity contribution is 7.90. The van der Waals surface area contributed by atoms with Gasteiger partial charge in [-0.1, -0.05) is 24.3 Å². The van der Waals surface area contributed by atoms with E-state index in [2.05, 4.69) is 0 Å². The van der Waals surface area contributed by atoms with Crippen LogP contribution in [0, 0.1) is 0 Å². The van der Waals surface area contributed by atoms with Crippen LogP contribution in [0.4, 0.5) is 0 Å². The lowest BCUT2D eigenvalue weighted by Crippen LogP contribution is -2.07. The summed E-state index contributed by atoms with van der Waals surface area (Å²) < 4.78 is 12.2. The Morgan fingerprint density at radius 1 is 1.06 bits per heavy atom. The minimum atomic E-state index is -1.30. The Morgan fingerprint density at radius 2 is 1.81 bits per heavy atom. The van der Waals surface area contributed by atoms with E-state index in [0.717, 1.165) is 19.3 Å². The maximum absolute atomic E-state index is 12.2. The van der Waals surface area contributed by atoms with E-state index in [0.29, 0.717) is 16.2 Å². The zero-order valence-electron chi connectivity index (χ0n) is 9.02. The molecular weight excluding hydrogens is 220 g/mol. The van der Waals surface area contributed by atoms with E-state index < -0.39 is 10.8 Å². The molecule has 1 atom stereocenters. The van der Waals surface area contributed by atoms with Crippen LogP contribution in [0.1, 0.15) is 25.7 Å². The molecule has 2 rings (SSSR count). The third-order valence-electron chi connectivity index (χ3n) is 2.62. The van der Waals surface area contributed by atoms with Gasteiger partial charge in [-0.25, -0.2) is 4.21 Å². The van der Waals surface area contributed by atoms with E-state index in [4.69, 9.17) is 0 Å². The SMILES string of the molecule is O=C1CCCCC=C1S(=O)c1ccccc1. The molecule has 0 radical (unpaired) electrons. The second kappa shape index (κ2) is 5.21. The van der Waals surface area contributed by atoms with E-state index in [-0.39, 0.29) is 5.78 Å². The Balaban J connectivity index is 2.27. The average Bonchev–Trinajstić information content (AvgIpc) is 2.54. The van der Waals surface area contributed by atoms with E-state index in [1.807, 2.05) is 24.3 Å². The molecule has 3 heteroatoms. The summed E-state index contributed by atoms with van der Waals surface area (Å²) in [5, 5.41) is 0. The van der Waals surface area contributed by atoms with Crippen molar-refractivity contribution in [2.75, 3.05) is 0 Å². The molecule has 84 valence electrons. The Hall–Kier alpha value is -1.22. The van der Waals surface area contributed by atoms with Crippen LogP contribution in [0.25, 0.3) is 0 Å². The Bertz CT molecular complexity index is 435. The van der Waals surface area contributed by atoms with E-state index >= 15 is 0 Å². The van der Waals surface area contributed by atoms with Crippen LogP contribution in [0.2, 0.25) is 0 Å². The van der Waals surface area contributed by atoms with Gasteiger partial charge in [-0.15, -0.1) is 0 Å². The number of carbonyl (C=O) groups is 1. The minimum absolute atomic E-state index is 0.0414. The van der Waals surface area contributed by atoms with Gasteiger partial charge in [0.15, 0.2) is 5.78 Å². The Labute approximate surface area is 97.8 Å². The van der Waals surface area contributed by atoms with Crippen LogP contribution in [0.5, 0.6) is 0 Å². The van der Waals surface area contributed by atoms with Gasteiger partial charge in [-0.3, -0.25) is 4.79 Å². The van der Waals surface area contributed by atoms with Crippen molar-refractivity contribution in [3.05, 3.63) is 41.3 Å². The first kappa shape index (κ1) is 11.3. The topological polar surface area (TPSA) is 34.1 Å². The fraction of sp³-hybridized carbons (Fsp3) is 0.308. The molecular formula is C13H14O2S. The second-order valence-corrected chi connectivity index (χ2v) is 5.27. The summed E-state index contributed by atoms with van der Waals surface area (Å²) in [5.74, 6) is 0.0414. The summed E-state index contributed by atoms with van der Waals surface area (Å²) in [5.41, 5.74) is 0. The molecule has 2 nitrogen and oxygen atoms in total. The summed E-state index contributed by atoms with van der Waals surface area (Å²) in [6.07, 6.45) is 5.16. The summed E-state index contributed by atoms with van der Waals surface area (Å²) >= 11 is 0. The number of Topliss-reactive ketones (excluding diaryl/α,β-unsaturated/α-hetero) is 1. The summed E-state index contributed by atoms with van der Waals surface area (Å²) in [6, 6.07) is 9.16. The monoisotopic (exact) mass is 234 g/mol. The van der Waals surface area contributed by atoms with Gasteiger partial charge < -0.3 is 0 Å². The van der Waals surface area contributed by atoms with Crippen molar-refractivity contribution in [1.29, 1.82) is 0 Å². The van der Waals surface area contributed by atoms with E-state index in [1.54, 1.807) is 12.1 Å². The van der Waals surface area contributed by atoms with Crippen molar-refractivity contribution in [2.24, 2.45) is 0 Å². The number of ketones is 1. The fourth-order valence-electron chi connectivity index (χ4n) is 1.75. The molecule has 0 amide bonds. The molecule has 0 saturated heterocycles. The first-order valence-electron chi connectivity index (χ1n) is 5.49. The molecule has 1 aliphatic rings. The highest BCUT2D eigenvalue weighted by Gasteiger charge is 2.19. The van der Waals surface area contributed by atoms with Gasteiger partial charge in [0.2, 0.25) is 0 Å². The van der Waals surface area contributed by atoms with Gasteiger partial charge >= 0.3 is 0 Å². The quantitative estimate of drug-likeness (QED) is 0.788. The largest absolute Gasteiger partial charge is 0.294 e. The maximum Gasteiger partial charge on any atom is 0.171 e. The Kier molecular flexibility index (Phi) is 3.67. The second-order valence-electron chi connectivity index (χ2n) is 3.82. The highest BCUT2D eigenvalue weighted by atomic mass is 32.2. The van der Waals surface area contributed by atoms with Gasteiger partial charge in [0.05, 0.1) is 15.7 Å². The standard InChI is InChI=1S/C13H14O2S/c14-12-9-5-2-6-10-13(12)16(15)11-7-3-1-4-8-11/h1,3-4,7-8,10H,2,5-6,9H2. The molecule has 1 aromatic rings. The summed E-state index contributed by atoms with van der Waals surface area (Å²) in [4.78, 5) is 13.0. The molecule has 0 heterocycles. The van der Waals surface area contributed by atoms with Gasteiger partial charge in [0, 0.05) is 11.3 Å². The minimum Gasteiger partial charge on any atom is -0.294 e. The maximum atomic E-state index is 12.2. The lowest BCUT2D eigenvalue weighted by Gasteiger charge is -2.04. The lowest BCUT2D eigenvalue weighted by molar-refractivity contribution is -0.114. The van der Waals surface area contributed by atoms with Crippen molar-refractivity contribution in [1.82, 2.24) is 0 Å². The van der Waals surface area contributed by atoms with Gasteiger partial charge in [-0.2, -0.15) is 0 Å². The first-order valence-corrected chi connectivity index (χ1v) is 6.64. The van der Waals surface area contributed by atoms with E-state index in [9.17, 15) is 9.00 Å². The number of hydrogen-bond acceptors (Lipinski definition) is 2. The van der Waals surface area contributed by atoms with Gasteiger partial charge in [0.1, 0.15) is 0 Å². The molecule has 0 aliphatic heterocycles. The van der Waals surface area contributed by atoms with Crippen LogP contribution < -0.4 is 0 Å². The van der Waals surface area contributed by atoms with Gasteiger partial charge in [0.25, 0.3) is 0 Å². The zero-order chi connectivity index (χ0) is 11.4. The van der Waals surface area contributed by atoms with Crippen molar-refractivity contribution in [2.45, 2.75) is 30.6 Å². The number of rotatable bonds is 2. The summed E-state index contributed by atoms with van der Waals surface area (Å²) in [7, 11) is -1.30. The predicted octanol–water partition coefficient (Wildman–Crippen LogP) is 2.82. The summed E-state index contributed by atoms with van der Waals surface area (Å²) in [6.45, 7) is 0. The third-order valence-corrected chi connectivity index (χ3v) is 4.11. The lowest BCUT2D eigenvalue weighted by atomic mass is 10.2. The predicted molar refractivity (Wildman–Crippen MR) is 64.4 cm³/mol. The van der Waals surface area contributed by atoms with Crippen molar-refractivity contribution in [3.63, 3.8) is 0 Å². The molecule has 1 aliphatic carbocycles. The first-order chi connectivity index (χ1) is 7.79. The van der Waals surface area contributed by atoms with Crippen molar-refractivity contribution in [3.8, 4) is 0 Å². The van der Waals surface area contributed by atoms with Crippen LogP contribution in [-0.4, -0.2) is 9.99 Å². The Morgan fingerprint density at radius 3 is 2.56 bits per heavy atom. The van der Waals surface area contributed by atoms with Crippen molar-refractivity contribution >= 4 is 16.6 Å². The molecule has 0 aromatic heterocycles. The zero-order valence-corrected chi connectivity index (χ0v) is 9.83. The third kappa shape index (κ3) is 2.47. The van der Waals surface area contributed by atoms with Crippen LogP contribution in [0.15, 0.2) is 46.2 Å². The van der Waals surface area contributed by atoms with Crippen LogP contribution in [0.3, 0.4) is 0 Å². The smallest absolute Gasteiger partial charge is 0.171 e. The molecule has 0 saturated carbocycles. The number of benzene rings is 1. The molecule has 0 spiro atoms. The number of hydrogen-bond donors (Lipinski definition) is 0. The molecule has 0 bridgehead atoms. The molecule has 16 heavy (non-hydrogen) atoms. The van der Waals surface area contributed by atoms with Crippen LogP contribution >= 0.6 is 0 Å². The normalized spacial score (nSPS) is 18.8. The molecule has 0 N–H and O–H groups in total. The fourth-order valence-corrected chi connectivity index (χ4v) is 2.99.